The Labute approximate surface area is 144 Å². The van der Waals surface area contributed by atoms with Gasteiger partial charge in [0.1, 0.15) is 12.4 Å². The van der Waals surface area contributed by atoms with Gasteiger partial charge in [-0.05, 0) is 13.0 Å². The van der Waals surface area contributed by atoms with E-state index in [2.05, 4.69) is 15.4 Å². The van der Waals surface area contributed by atoms with Crippen LogP contribution in [0.25, 0.3) is 0 Å². The molecular formula is C16H17ClN4O3. The molecule has 2 heterocycles. The summed E-state index contributed by atoms with van der Waals surface area (Å²) in [5, 5.41) is 7.86. The Morgan fingerprint density at radius 2 is 2.21 bits per heavy atom. The number of rotatable bonds is 5. The van der Waals surface area contributed by atoms with E-state index in [0.717, 1.165) is 5.56 Å². The molecule has 0 radical (unpaired) electrons. The largest absolute Gasteiger partial charge is 0.463 e. The molecule has 0 aliphatic carbocycles. The number of methoxy groups -OCH3 is 1. The zero-order valence-corrected chi connectivity index (χ0v) is 14.1. The molecule has 1 aromatic heterocycles. The first-order valence-electron chi connectivity index (χ1n) is 7.47. The first kappa shape index (κ1) is 16.5. The number of fused-ring (bicyclic) bond motifs is 1. The van der Waals surface area contributed by atoms with Gasteiger partial charge in [0.25, 0.3) is 0 Å². The number of halogens is 1. The maximum Gasteiger partial charge on any atom is 0.338 e. The van der Waals surface area contributed by atoms with E-state index in [1.54, 1.807) is 24.8 Å². The molecule has 3 rings (SSSR count). The Hall–Kier alpha value is -2.38. The predicted octanol–water partition coefficient (Wildman–Crippen LogP) is 2.41. The van der Waals surface area contributed by atoms with Gasteiger partial charge < -0.3 is 14.8 Å². The van der Waals surface area contributed by atoms with E-state index in [-0.39, 0.29) is 13.2 Å². The van der Waals surface area contributed by atoms with Crippen LogP contribution in [0.1, 0.15) is 18.5 Å². The maximum absolute atomic E-state index is 12.6. The number of esters is 1. The standard InChI is InChI=1S/C16H17ClN4O3/c1-3-24-15(22)13-12(8-23-2)20-16-18-9-19-21(16)14(13)10-6-4-5-7-11(10)17/h4-7,9,14H,3,8H2,1-2H3,(H,18,19,20). The van der Waals surface area contributed by atoms with Crippen molar-refractivity contribution in [2.75, 3.05) is 25.6 Å². The Kier molecular flexibility index (Phi) is 4.82. The molecule has 1 aromatic carbocycles. The third-order valence-corrected chi connectivity index (χ3v) is 4.01. The Morgan fingerprint density at radius 3 is 2.92 bits per heavy atom. The molecule has 2 aromatic rings. The summed E-state index contributed by atoms with van der Waals surface area (Å²) in [5.74, 6) is 0.0723. The molecule has 0 spiro atoms. The quantitative estimate of drug-likeness (QED) is 0.836. The lowest BCUT2D eigenvalue weighted by molar-refractivity contribution is -0.139. The molecule has 1 atom stereocenters. The summed E-state index contributed by atoms with van der Waals surface area (Å²) in [5.41, 5.74) is 1.73. The number of ether oxygens (including phenoxy) is 2. The van der Waals surface area contributed by atoms with Crippen molar-refractivity contribution in [3.05, 3.63) is 52.4 Å². The van der Waals surface area contributed by atoms with E-state index in [1.165, 1.54) is 6.33 Å². The molecule has 0 amide bonds. The average Bonchev–Trinajstić information content (AvgIpc) is 3.03. The van der Waals surface area contributed by atoms with Crippen molar-refractivity contribution >= 4 is 23.5 Å². The fourth-order valence-electron chi connectivity index (χ4n) is 2.70. The second kappa shape index (κ2) is 7.02. The predicted molar refractivity (Wildman–Crippen MR) is 88.8 cm³/mol. The fourth-order valence-corrected chi connectivity index (χ4v) is 2.94. The van der Waals surface area contributed by atoms with Crippen molar-refractivity contribution in [3.63, 3.8) is 0 Å². The number of hydrogen-bond acceptors (Lipinski definition) is 6. The molecule has 0 saturated carbocycles. The molecule has 7 nitrogen and oxygen atoms in total. The van der Waals surface area contributed by atoms with Crippen LogP contribution in [0.2, 0.25) is 5.02 Å². The summed E-state index contributed by atoms with van der Waals surface area (Å²) in [6, 6.07) is 6.78. The topological polar surface area (TPSA) is 78.3 Å². The van der Waals surface area contributed by atoms with E-state index >= 15 is 0 Å². The second-order valence-electron chi connectivity index (χ2n) is 5.12. The van der Waals surface area contributed by atoms with E-state index < -0.39 is 12.0 Å². The number of anilines is 1. The van der Waals surface area contributed by atoms with Crippen LogP contribution in [0.15, 0.2) is 41.9 Å². The minimum Gasteiger partial charge on any atom is -0.463 e. The van der Waals surface area contributed by atoms with Gasteiger partial charge in [-0.1, -0.05) is 29.8 Å². The normalized spacial score (nSPS) is 16.5. The van der Waals surface area contributed by atoms with Crippen LogP contribution in [0, 0.1) is 0 Å². The first-order chi connectivity index (χ1) is 11.7. The molecule has 0 fully saturated rings. The Balaban J connectivity index is 2.20. The third-order valence-electron chi connectivity index (χ3n) is 3.66. The molecule has 0 bridgehead atoms. The van der Waals surface area contributed by atoms with E-state index in [4.69, 9.17) is 21.1 Å². The van der Waals surface area contributed by atoms with Gasteiger partial charge in [0.15, 0.2) is 0 Å². The van der Waals surface area contributed by atoms with Crippen LogP contribution in [0.3, 0.4) is 0 Å². The van der Waals surface area contributed by atoms with Gasteiger partial charge >= 0.3 is 5.97 Å². The number of nitrogens with zero attached hydrogens (tertiary/aromatic N) is 3. The molecule has 126 valence electrons. The van der Waals surface area contributed by atoms with Gasteiger partial charge in [0.05, 0.1) is 24.5 Å². The number of hydrogen-bond donors (Lipinski definition) is 1. The number of benzene rings is 1. The minimum absolute atomic E-state index is 0.210. The first-order valence-corrected chi connectivity index (χ1v) is 7.85. The van der Waals surface area contributed by atoms with Gasteiger partial charge in [-0.3, -0.25) is 0 Å². The van der Waals surface area contributed by atoms with Crippen LogP contribution in [0.5, 0.6) is 0 Å². The van der Waals surface area contributed by atoms with Crippen LogP contribution < -0.4 is 5.32 Å². The molecule has 8 heteroatoms. The van der Waals surface area contributed by atoms with Crippen molar-refractivity contribution in [2.24, 2.45) is 0 Å². The second-order valence-corrected chi connectivity index (χ2v) is 5.53. The summed E-state index contributed by atoms with van der Waals surface area (Å²) < 4.78 is 12.1. The number of carbonyl (C=O) groups excluding carboxylic acids is 1. The van der Waals surface area contributed by atoms with Crippen molar-refractivity contribution in [2.45, 2.75) is 13.0 Å². The molecule has 24 heavy (non-hydrogen) atoms. The minimum atomic E-state index is -0.540. The third kappa shape index (κ3) is 2.88. The summed E-state index contributed by atoms with van der Waals surface area (Å²) >= 11 is 6.38. The van der Waals surface area contributed by atoms with E-state index in [9.17, 15) is 4.79 Å². The Bertz CT molecular complexity index is 787. The molecule has 1 aliphatic rings. The number of aromatic nitrogens is 3. The highest BCUT2D eigenvalue weighted by Crippen LogP contribution is 2.38. The number of carbonyl (C=O) groups is 1. The average molecular weight is 349 g/mol. The SMILES string of the molecule is CCOC(=O)C1=C(COC)Nc2ncnn2C1c1ccccc1Cl. The highest BCUT2D eigenvalue weighted by atomic mass is 35.5. The molecule has 1 unspecified atom stereocenters. The zero-order valence-electron chi connectivity index (χ0n) is 13.3. The Morgan fingerprint density at radius 1 is 1.42 bits per heavy atom. The highest BCUT2D eigenvalue weighted by Gasteiger charge is 2.36. The van der Waals surface area contributed by atoms with Crippen molar-refractivity contribution in [3.8, 4) is 0 Å². The highest BCUT2D eigenvalue weighted by molar-refractivity contribution is 6.31. The van der Waals surface area contributed by atoms with E-state index in [1.807, 2.05) is 18.2 Å². The molecule has 0 saturated heterocycles. The van der Waals surface area contributed by atoms with E-state index in [0.29, 0.717) is 22.2 Å². The van der Waals surface area contributed by atoms with Gasteiger partial charge in [-0.2, -0.15) is 10.1 Å². The summed E-state index contributed by atoms with van der Waals surface area (Å²) in [6.07, 6.45) is 1.42. The van der Waals surface area contributed by atoms with Gasteiger partial charge in [-0.15, -0.1) is 0 Å². The fraction of sp³-hybridized carbons (Fsp3) is 0.312. The summed E-state index contributed by atoms with van der Waals surface area (Å²) in [4.78, 5) is 16.8. The van der Waals surface area contributed by atoms with Crippen LogP contribution in [-0.2, 0) is 14.3 Å². The van der Waals surface area contributed by atoms with Gasteiger partial charge in [0, 0.05) is 17.7 Å². The smallest absolute Gasteiger partial charge is 0.338 e. The van der Waals surface area contributed by atoms with Gasteiger partial charge in [-0.25, -0.2) is 9.48 Å². The molecule has 1 N–H and O–H groups in total. The van der Waals surface area contributed by atoms with Crippen molar-refractivity contribution in [1.29, 1.82) is 0 Å². The summed E-state index contributed by atoms with van der Waals surface area (Å²) in [6.45, 7) is 2.24. The van der Waals surface area contributed by atoms with Crippen LogP contribution in [0.4, 0.5) is 5.95 Å². The number of nitrogens with one attached hydrogen (secondary N) is 1. The summed E-state index contributed by atoms with van der Waals surface area (Å²) in [7, 11) is 1.56. The maximum atomic E-state index is 12.6. The van der Waals surface area contributed by atoms with Gasteiger partial charge in [0.2, 0.25) is 5.95 Å². The monoisotopic (exact) mass is 348 g/mol. The lowest BCUT2D eigenvalue weighted by atomic mass is 9.95. The van der Waals surface area contributed by atoms with Crippen LogP contribution >= 0.6 is 11.6 Å². The molecular weight excluding hydrogens is 332 g/mol. The van der Waals surface area contributed by atoms with Crippen LogP contribution in [-0.4, -0.2) is 41.1 Å². The zero-order chi connectivity index (χ0) is 17.1. The van der Waals surface area contributed by atoms with Crippen molar-refractivity contribution < 1.29 is 14.3 Å². The lowest BCUT2D eigenvalue weighted by Gasteiger charge is -2.29. The van der Waals surface area contributed by atoms with Crippen molar-refractivity contribution in [1.82, 2.24) is 14.8 Å². The lowest BCUT2D eigenvalue weighted by Crippen LogP contribution is -2.32. The molecule has 1 aliphatic heterocycles.